The van der Waals surface area contributed by atoms with Gasteiger partial charge in [-0.3, -0.25) is 0 Å². The van der Waals surface area contributed by atoms with Crippen LogP contribution in [0.5, 0.6) is 0 Å². The number of rotatable bonds is 8. The van der Waals surface area contributed by atoms with Gasteiger partial charge in [0.05, 0.1) is 13.2 Å². The molecule has 0 heterocycles. The molecule has 0 radical (unpaired) electrons. The molecule has 2 saturated carbocycles. The Balaban J connectivity index is 0.000000531. The van der Waals surface area contributed by atoms with E-state index in [0.29, 0.717) is 47.5 Å². The summed E-state index contributed by atoms with van der Waals surface area (Å²) in [6.07, 6.45) is 4.75. The lowest BCUT2D eigenvalue weighted by atomic mass is 9.70. The lowest BCUT2D eigenvalue weighted by molar-refractivity contribution is -0.152. The summed E-state index contributed by atoms with van der Waals surface area (Å²) in [6.45, 7) is 29.5. The fraction of sp³-hybridized carbons (Fsp3) is 0.690. The van der Waals surface area contributed by atoms with Crippen molar-refractivity contribution in [3.63, 3.8) is 0 Å². The number of hydrogen-bond donors (Lipinski definition) is 0. The van der Waals surface area contributed by atoms with Gasteiger partial charge in [-0.1, -0.05) is 68.2 Å². The first-order valence-electron chi connectivity index (χ1n) is 12.5. The van der Waals surface area contributed by atoms with Gasteiger partial charge in [0.15, 0.2) is 0 Å². The van der Waals surface area contributed by atoms with Crippen molar-refractivity contribution >= 4 is 17.9 Å². The van der Waals surface area contributed by atoms with E-state index in [1.165, 1.54) is 18.9 Å². The second-order valence-electron chi connectivity index (χ2n) is 11.3. The SMILES string of the molecule is C=C(C)C(=O)OC1CC2CCC1(C)C2(C)C.C=C(C)C(=O)OCC(C)C.C=CC(=O)OCC(C)C. The molecule has 0 aliphatic heterocycles. The van der Waals surface area contributed by atoms with Crippen molar-refractivity contribution in [3.05, 3.63) is 37.0 Å². The molecule has 0 aromatic rings. The zero-order chi connectivity index (χ0) is 27.6. The maximum atomic E-state index is 11.6. The number of carbonyl (C=O) groups excluding carboxylic acids is 3. The molecule has 35 heavy (non-hydrogen) atoms. The van der Waals surface area contributed by atoms with Crippen LogP contribution in [0.1, 0.15) is 81.6 Å². The Morgan fingerprint density at radius 1 is 0.914 bits per heavy atom. The summed E-state index contributed by atoms with van der Waals surface area (Å²) < 4.78 is 15.1. The minimum Gasteiger partial charge on any atom is -0.462 e. The maximum absolute atomic E-state index is 11.6. The predicted octanol–water partition coefficient (Wildman–Crippen LogP) is 6.45. The van der Waals surface area contributed by atoms with Crippen molar-refractivity contribution < 1.29 is 28.6 Å². The van der Waals surface area contributed by atoms with Crippen molar-refractivity contribution in [3.8, 4) is 0 Å². The van der Waals surface area contributed by atoms with E-state index in [1.807, 2.05) is 27.7 Å². The lowest BCUT2D eigenvalue weighted by Gasteiger charge is -2.38. The van der Waals surface area contributed by atoms with Gasteiger partial charge in [0.2, 0.25) is 0 Å². The van der Waals surface area contributed by atoms with Gasteiger partial charge in [0.25, 0.3) is 0 Å². The number of carbonyl (C=O) groups is 3. The van der Waals surface area contributed by atoms with E-state index in [0.717, 1.165) is 6.42 Å². The second-order valence-corrected chi connectivity index (χ2v) is 11.3. The second kappa shape index (κ2) is 14.3. The molecule has 3 unspecified atom stereocenters. The highest BCUT2D eigenvalue weighted by molar-refractivity contribution is 5.87. The normalized spacial score (nSPS) is 23.3. The van der Waals surface area contributed by atoms with E-state index in [4.69, 9.17) is 14.2 Å². The van der Waals surface area contributed by atoms with Gasteiger partial charge < -0.3 is 14.2 Å². The summed E-state index contributed by atoms with van der Waals surface area (Å²) in [6, 6.07) is 0. The zero-order valence-electron chi connectivity index (χ0n) is 23.5. The zero-order valence-corrected chi connectivity index (χ0v) is 23.5. The van der Waals surface area contributed by atoms with E-state index in [-0.39, 0.29) is 29.4 Å². The molecule has 0 saturated heterocycles. The largest absolute Gasteiger partial charge is 0.462 e. The van der Waals surface area contributed by atoms with E-state index >= 15 is 0 Å². The average molecular weight is 493 g/mol. The van der Waals surface area contributed by atoms with Crippen LogP contribution in [0.2, 0.25) is 0 Å². The molecule has 2 aliphatic carbocycles. The van der Waals surface area contributed by atoms with Crippen LogP contribution in [0.3, 0.4) is 0 Å². The predicted molar refractivity (Wildman–Crippen MR) is 141 cm³/mol. The van der Waals surface area contributed by atoms with Gasteiger partial charge in [-0.15, -0.1) is 0 Å². The quantitative estimate of drug-likeness (QED) is 0.220. The molecule has 2 aliphatic rings. The minimum atomic E-state index is -0.344. The van der Waals surface area contributed by atoms with E-state index in [2.05, 4.69) is 40.5 Å². The third-order valence-electron chi connectivity index (χ3n) is 6.93. The summed E-state index contributed by atoms with van der Waals surface area (Å²) in [4.78, 5) is 32.7. The third-order valence-corrected chi connectivity index (χ3v) is 6.93. The van der Waals surface area contributed by atoms with Gasteiger partial charge >= 0.3 is 17.9 Å². The lowest BCUT2D eigenvalue weighted by Crippen LogP contribution is -2.38. The molecular weight excluding hydrogens is 444 g/mol. The van der Waals surface area contributed by atoms with Gasteiger partial charge in [-0.05, 0) is 56.3 Å². The molecule has 6 heteroatoms. The molecule has 3 atom stereocenters. The Morgan fingerprint density at radius 2 is 1.40 bits per heavy atom. The molecular formula is C29H48O6. The fourth-order valence-electron chi connectivity index (χ4n) is 4.21. The van der Waals surface area contributed by atoms with Crippen LogP contribution >= 0.6 is 0 Å². The van der Waals surface area contributed by atoms with Crippen molar-refractivity contribution in [2.45, 2.75) is 87.7 Å². The highest BCUT2D eigenvalue weighted by Gasteiger charge is 2.62. The Labute approximate surface area is 213 Å². The van der Waals surface area contributed by atoms with Crippen LogP contribution in [-0.2, 0) is 28.6 Å². The van der Waals surface area contributed by atoms with Gasteiger partial charge in [-0.2, -0.15) is 0 Å². The Hall–Kier alpha value is -2.37. The smallest absolute Gasteiger partial charge is 0.333 e. The van der Waals surface area contributed by atoms with Crippen LogP contribution in [-0.4, -0.2) is 37.2 Å². The van der Waals surface area contributed by atoms with Crippen LogP contribution in [0.15, 0.2) is 37.0 Å². The summed E-state index contributed by atoms with van der Waals surface area (Å²) in [5.41, 5.74) is 1.42. The van der Waals surface area contributed by atoms with Crippen molar-refractivity contribution in [2.24, 2.45) is 28.6 Å². The first kappa shape index (κ1) is 32.6. The molecule has 0 aromatic carbocycles. The molecule has 2 fully saturated rings. The fourth-order valence-corrected chi connectivity index (χ4v) is 4.21. The van der Waals surface area contributed by atoms with E-state index in [9.17, 15) is 14.4 Å². The monoisotopic (exact) mass is 492 g/mol. The molecule has 0 amide bonds. The van der Waals surface area contributed by atoms with Gasteiger partial charge in [-0.25, -0.2) is 14.4 Å². The number of esters is 3. The molecule has 0 N–H and O–H groups in total. The standard InChI is InChI=1S/C14H22O2.C8H14O2.C7H12O2/c1-9(2)12(15)16-11-8-10-6-7-14(11,5)13(10,3)4;1-6(2)5-10-8(9)7(3)4;1-4-7(8)9-5-6(2)3/h10-11H,1,6-8H2,2-5H3;6H,3,5H2,1-2,4H3;4,6H,1,5H2,2-3H3. The highest BCUT2D eigenvalue weighted by atomic mass is 16.5. The highest BCUT2D eigenvalue weighted by Crippen LogP contribution is 2.66. The molecule has 2 bridgehead atoms. The van der Waals surface area contributed by atoms with Crippen molar-refractivity contribution in [2.75, 3.05) is 13.2 Å². The van der Waals surface area contributed by atoms with E-state index < -0.39 is 0 Å². The third kappa shape index (κ3) is 10.0. The van der Waals surface area contributed by atoms with Crippen molar-refractivity contribution in [1.29, 1.82) is 0 Å². The summed E-state index contributed by atoms with van der Waals surface area (Å²) in [7, 11) is 0. The topological polar surface area (TPSA) is 78.9 Å². The number of ether oxygens (including phenoxy) is 3. The first-order chi connectivity index (χ1) is 16.0. The average Bonchev–Trinajstić information content (AvgIpc) is 3.09. The summed E-state index contributed by atoms with van der Waals surface area (Å²) in [5, 5.41) is 0. The van der Waals surface area contributed by atoms with Crippen molar-refractivity contribution in [1.82, 2.24) is 0 Å². The van der Waals surface area contributed by atoms with Crippen LogP contribution < -0.4 is 0 Å². The molecule has 0 spiro atoms. The number of hydrogen-bond acceptors (Lipinski definition) is 6. The van der Waals surface area contributed by atoms with Crippen LogP contribution in [0.25, 0.3) is 0 Å². The Morgan fingerprint density at radius 3 is 1.74 bits per heavy atom. The minimum absolute atomic E-state index is 0.0884. The molecule has 2 rings (SSSR count). The number of fused-ring (bicyclic) bond motifs is 2. The molecule has 6 nitrogen and oxygen atoms in total. The Bertz CT molecular complexity index is 776. The molecule has 0 aromatic heterocycles. The maximum Gasteiger partial charge on any atom is 0.333 e. The van der Waals surface area contributed by atoms with Crippen LogP contribution in [0.4, 0.5) is 0 Å². The van der Waals surface area contributed by atoms with Gasteiger partial charge in [0.1, 0.15) is 6.10 Å². The summed E-state index contributed by atoms with van der Waals surface area (Å²) >= 11 is 0. The van der Waals surface area contributed by atoms with E-state index in [1.54, 1.807) is 13.8 Å². The van der Waals surface area contributed by atoms with Crippen LogP contribution in [0, 0.1) is 28.6 Å². The Kier molecular flexibility index (Phi) is 13.3. The first-order valence-corrected chi connectivity index (χ1v) is 12.5. The summed E-state index contributed by atoms with van der Waals surface area (Å²) in [5.74, 6) is 0.629. The van der Waals surface area contributed by atoms with Gasteiger partial charge in [0, 0.05) is 22.6 Å². The molecule has 200 valence electrons.